The van der Waals surface area contributed by atoms with Gasteiger partial charge in [-0.1, -0.05) is 31.2 Å². The van der Waals surface area contributed by atoms with Gasteiger partial charge >= 0.3 is 0 Å². The van der Waals surface area contributed by atoms with Crippen LogP contribution in [0.2, 0.25) is 0 Å². The zero-order chi connectivity index (χ0) is 14.5. The number of thioether (sulfide) groups is 1. The van der Waals surface area contributed by atoms with Crippen LogP contribution in [0.15, 0.2) is 24.3 Å². The summed E-state index contributed by atoms with van der Waals surface area (Å²) >= 11 is 1.56. The van der Waals surface area contributed by atoms with Crippen molar-refractivity contribution in [1.82, 2.24) is 9.80 Å². The summed E-state index contributed by atoms with van der Waals surface area (Å²) in [5.41, 5.74) is 2.41. The van der Waals surface area contributed by atoms with Gasteiger partial charge in [0.15, 0.2) is 0 Å². The summed E-state index contributed by atoms with van der Waals surface area (Å²) in [6.45, 7) is 2.89. The van der Waals surface area contributed by atoms with Gasteiger partial charge < -0.3 is 9.80 Å². The Labute approximate surface area is 124 Å². The van der Waals surface area contributed by atoms with Gasteiger partial charge in [0, 0.05) is 13.6 Å². The van der Waals surface area contributed by atoms with Gasteiger partial charge in [-0.3, -0.25) is 9.59 Å². The van der Waals surface area contributed by atoms with Crippen molar-refractivity contribution in [1.29, 1.82) is 0 Å². The minimum atomic E-state index is -0.0135. The molecule has 0 spiro atoms. The number of hydrogen-bond donors (Lipinski definition) is 0. The molecule has 1 aliphatic rings. The minimum absolute atomic E-state index is 0.0135. The van der Waals surface area contributed by atoms with E-state index in [4.69, 9.17) is 0 Å². The van der Waals surface area contributed by atoms with Crippen molar-refractivity contribution in [3.8, 4) is 0 Å². The first kappa shape index (κ1) is 14.9. The Hall–Kier alpha value is -1.49. The van der Waals surface area contributed by atoms with Crippen LogP contribution >= 0.6 is 11.8 Å². The Bertz CT molecular complexity index is 487. The van der Waals surface area contributed by atoms with Gasteiger partial charge in [-0.05, 0) is 17.5 Å². The molecule has 1 aromatic rings. The highest BCUT2D eigenvalue weighted by Gasteiger charge is 2.24. The average Bonchev–Trinajstić information content (AvgIpc) is 2.85. The molecule has 5 heteroatoms. The first-order valence-electron chi connectivity index (χ1n) is 6.77. The lowest BCUT2D eigenvalue weighted by Gasteiger charge is -2.21. The summed E-state index contributed by atoms with van der Waals surface area (Å²) in [5, 5.41) is 0. The van der Waals surface area contributed by atoms with Gasteiger partial charge in [0.2, 0.25) is 11.8 Å². The molecule has 2 rings (SSSR count). The third kappa shape index (κ3) is 3.76. The maximum absolute atomic E-state index is 12.1. The van der Waals surface area contributed by atoms with Crippen LogP contribution in [0.4, 0.5) is 0 Å². The molecule has 0 unspecified atom stereocenters. The third-order valence-corrected chi connectivity index (χ3v) is 4.37. The minimum Gasteiger partial charge on any atom is -0.340 e. The van der Waals surface area contributed by atoms with E-state index < -0.39 is 0 Å². The van der Waals surface area contributed by atoms with Crippen molar-refractivity contribution in [3.63, 3.8) is 0 Å². The number of carbonyl (C=O) groups is 2. The lowest BCUT2D eigenvalue weighted by molar-refractivity contribution is -0.137. The Balaban J connectivity index is 1.88. The highest BCUT2D eigenvalue weighted by Crippen LogP contribution is 2.15. The molecule has 0 bridgehead atoms. The summed E-state index contributed by atoms with van der Waals surface area (Å²) in [7, 11) is 1.78. The molecular weight excluding hydrogens is 272 g/mol. The molecule has 2 amide bonds. The quantitative estimate of drug-likeness (QED) is 0.830. The van der Waals surface area contributed by atoms with Crippen LogP contribution in [-0.2, 0) is 22.6 Å². The molecule has 1 heterocycles. The standard InChI is InChI=1S/C15H20N2O2S/c1-3-12-4-6-13(7-5-12)8-16(2)14(18)9-17-11-20-10-15(17)19/h4-7H,3,8-11H2,1-2H3. The number of nitrogens with zero attached hydrogens (tertiary/aromatic N) is 2. The average molecular weight is 292 g/mol. The van der Waals surface area contributed by atoms with Crippen molar-refractivity contribution >= 4 is 23.6 Å². The SMILES string of the molecule is CCc1ccc(CN(C)C(=O)CN2CSCC2=O)cc1. The molecule has 20 heavy (non-hydrogen) atoms. The second-order valence-corrected chi connectivity index (χ2v) is 5.94. The number of likely N-dealkylation sites (N-methyl/N-ethyl adjacent to an activating group) is 1. The van der Waals surface area contributed by atoms with Crippen molar-refractivity contribution in [2.45, 2.75) is 19.9 Å². The molecule has 4 nitrogen and oxygen atoms in total. The molecule has 1 saturated heterocycles. The summed E-state index contributed by atoms with van der Waals surface area (Å²) < 4.78 is 0. The van der Waals surface area contributed by atoms with Crippen molar-refractivity contribution < 1.29 is 9.59 Å². The van der Waals surface area contributed by atoms with E-state index in [2.05, 4.69) is 31.2 Å². The van der Waals surface area contributed by atoms with Gasteiger partial charge in [0.05, 0.1) is 11.6 Å². The van der Waals surface area contributed by atoms with E-state index in [0.717, 1.165) is 12.0 Å². The van der Waals surface area contributed by atoms with Gasteiger partial charge in [-0.2, -0.15) is 0 Å². The number of carbonyl (C=O) groups excluding carboxylic acids is 2. The zero-order valence-electron chi connectivity index (χ0n) is 12.0. The third-order valence-electron chi connectivity index (χ3n) is 3.43. The second-order valence-electron chi connectivity index (χ2n) is 4.99. The fourth-order valence-electron chi connectivity index (χ4n) is 2.07. The molecular formula is C15H20N2O2S. The molecule has 1 fully saturated rings. The largest absolute Gasteiger partial charge is 0.340 e. The fraction of sp³-hybridized carbons (Fsp3) is 0.467. The summed E-state index contributed by atoms with van der Waals surface area (Å²) in [4.78, 5) is 26.9. The molecule has 0 N–H and O–H groups in total. The monoisotopic (exact) mass is 292 g/mol. The fourth-order valence-corrected chi connectivity index (χ4v) is 2.97. The summed E-state index contributed by atoms with van der Waals surface area (Å²) in [6, 6.07) is 8.29. The Kier molecular flexibility index (Phi) is 5.06. The molecule has 108 valence electrons. The first-order valence-corrected chi connectivity index (χ1v) is 7.93. The first-order chi connectivity index (χ1) is 9.60. The van der Waals surface area contributed by atoms with E-state index in [1.165, 1.54) is 5.56 Å². The van der Waals surface area contributed by atoms with Crippen LogP contribution in [0, 0.1) is 0 Å². The number of hydrogen-bond acceptors (Lipinski definition) is 3. The van der Waals surface area contributed by atoms with Crippen LogP contribution in [0.25, 0.3) is 0 Å². The lowest BCUT2D eigenvalue weighted by atomic mass is 10.1. The molecule has 1 aliphatic heterocycles. The number of benzene rings is 1. The van der Waals surface area contributed by atoms with Crippen molar-refractivity contribution in [2.75, 3.05) is 25.2 Å². The Morgan fingerprint density at radius 2 is 1.95 bits per heavy atom. The number of amides is 2. The Morgan fingerprint density at radius 3 is 2.50 bits per heavy atom. The zero-order valence-corrected chi connectivity index (χ0v) is 12.8. The van der Waals surface area contributed by atoms with Crippen molar-refractivity contribution in [3.05, 3.63) is 35.4 Å². The smallest absolute Gasteiger partial charge is 0.242 e. The maximum atomic E-state index is 12.1. The number of rotatable bonds is 5. The number of aryl methyl sites for hydroxylation is 1. The second kappa shape index (κ2) is 6.79. The topological polar surface area (TPSA) is 40.6 Å². The van der Waals surface area contributed by atoms with Crippen LogP contribution in [0.1, 0.15) is 18.1 Å². The van der Waals surface area contributed by atoms with Crippen LogP contribution < -0.4 is 0 Å². The molecule has 1 aromatic carbocycles. The van der Waals surface area contributed by atoms with E-state index in [0.29, 0.717) is 18.2 Å². The highest BCUT2D eigenvalue weighted by atomic mass is 32.2. The normalized spacial score (nSPS) is 14.7. The lowest BCUT2D eigenvalue weighted by Crippen LogP contribution is -2.38. The van der Waals surface area contributed by atoms with E-state index in [-0.39, 0.29) is 18.4 Å². The van der Waals surface area contributed by atoms with Gasteiger partial charge in [0.25, 0.3) is 0 Å². The van der Waals surface area contributed by atoms with E-state index in [1.807, 2.05) is 0 Å². The van der Waals surface area contributed by atoms with Crippen molar-refractivity contribution in [2.24, 2.45) is 0 Å². The van der Waals surface area contributed by atoms with E-state index in [9.17, 15) is 9.59 Å². The Morgan fingerprint density at radius 1 is 1.30 bits per heavy atom. The van der Waals surface area contributed by atoms with Crippen LogP contribution in [-0.4, -0.2) is 46.8 Å². The van der Waals surface area contributed by atoms with E-state index in [1.54, 1.807) is 28.6 Å². The van der Waals surface area contributed by atoms with Gasteiger partial charge in [-0.25, -0.2) is 0 Å². The predicted molar refractivity (Wildman–Crippen MR) is 81.3 cm³/mol. The highest BCUT2D eigenvalue weighted by molar-refractivity contribution is 8.00. The molecule has 0 atom stereocenters. The van der Waals surface area contributed by atoms with Crippen LogP contribution in [0.5, 0.6) is 0 Å². The van der Waals surface area contributed by atoms with Gasteiger partial charge in [0.1, 0.15) is 6.54 Å². The van der Waals surface area contributed by atoms with E-state index >= 15 is 0 Å². The maximum Gasteiger partial charge on any atom is 0.242 e. The molecule has 0 aliphatic carbocycles. The summed E-state index contributed by atoms with van der Waals surface area (Å²) in [6.07, 6.45) is 1.02. The van der Waals surface area contributed by atoms with Gasteiger partial charge in [-0.15, -0.1) is 11.8 Å². The predicted octanol–water partition coefficient (Wildman–Crippen LogP) is 1.74. The molecule has 0 aromatic heterocycles. The van der Waals surface area contributed by atoms with Crippen LogP contribution in [0.3, 0.4) is 0 Å². The molecule has 0 saturated carbocycles. The molecule has 0 radical (unpaired) electrons. The summed E-state index contributed by atoms with van der Waals surface area (Å²) in [5.74, 6) is 1.17.